The summed E-state index contributed by atoms with van der Waals surface area (Å²) in [7, 11) is 0. The van der Waals surface area contributed by atoms with Crippen molar-refractivity contribution in [3.05, 3.63) is 11.9 Å². The molecule has 1 aliphatic heterocycles. The molecule has 2 atom stereocenters. The van der Waals surface area contributed by atoms with Crippen LogP contribution in [0.2, 0.25) is 0 Å². The number of carboxylic acids is 2. The summed E-state index contributed by atoms with van der Waals surface area (Å²) in [6, 6.07) is -0.583. The van der Waals surface area contributed by atoms with Gasteiger partial charge in [0, 0.05) is 6.54 Å². The Kier molecular flexibility index (Phi) is 3.05. The summed E-state index contributed by atoms with van der Waals surface area (Å²) in [6.07, 6.45) is 2.48. The number of aliphatic carboxylic acids is 1. The zero-order valence-electron chi connectivity index (χ0n) is 8.91. The summed E-state index contributed by atoms with van der Waals surface area (Å²) in [6.45, 7) is 0.444. The van der Waals surface area contributed by atoms with Gasteiger partial charge in [-0.25, -0.2) is 9.48 Å². The van der Waals surface area contributed by atoms with E-state index in [1.165, 1.54) is 10.9 Å². The first-order valence-corrected chi connectivity index (χ1v) is 5.19. The Morgan fingerprint density at radius 2 is 2.18 bits per heavy atom. The SMILES string of the molecule is O=C(O)c1cn([C@H]2CC[C@@H](C(=O)O)NC2)nn1. The minimum atomic E-state index is -1.12. The summed E-state index contributed by atoms with van der Waals surface area (Å²) in [5, 5.41) is 27.6. The van der Waals surface area contributed by atoms with Crippen LogP contribution in [0.1, 0.15) is 29.4 Å². The molecular weight excluding hydrogens is 228 g/mol. The Hall–Kier alpha value is -1.96. The van der Waals surface area contributed by atoms with Crippen LogP contribution in [0.25, 0.3) is 0 Å². The Balaban J connectivity index is 2.00. The van der Waals surface area contributed by atoms with Crippen molar-refractivity contribution in [2.75, 3.05) is 6.54 Å². The van der Waals surface area contributed by atoms with Gasteiger partial charge >= 0.3 is 11.9 Å². The molecule has 0 amide bonds. The normalized spacial score (nSPS) is 24.5. The van der Waals surface area contributed by atoms with Gasteiger partial charge in [0.2, 0.25) is 0 Å². The largest absolute Gasteiger partial charge is 0.480 e. The fourth-order valence-corrected chi connectivity index (χ4v) is 1.83. The smallest absolute Gasteiger partial charge is 0.358 e. The molecule has 17 heavy (non-hydrogen) atoms. The Labute approximate surface area is 96.2 Å². The van der Waals surface area contributed by atoms with E-state index >= 15 is 0 Å². The van der Waals surface area contributed by atoms with E-state index in [0.29, 0.717) is 19.4 Å². The number of piperidine rings is 1. The highest BCUT2D eigenvalue weighted by molar-refractivity contribution is 5.84. The second-order valence-electron chi connectivity index (χ2n) is 3.92. The molecule has 0 spiro atoms. The van der Waals surface area contributed by atoms with Gasteiger partial charge in [0.05, 0.1) is 12.2 Å². The Morgan fingerprint density at radius 3 is 2.65 bits per heavy atom. The van der Waals surface area contributed by atoms with E-state index < -0.39 is 18.0 Å². The van der Waals surface area contributed by atoms with Crippen LogP contribution in [0.4, 0.5) is 0 Å². The van der Waals surface area contributed by atoms with E-state index in [-0.39, 0.29) is 11.7 Å². The molecule has 92 valence electrons. The number of carboxylic acid groups (broad SMARTS) is 2. The van der Waals surface area contributed by atoms with E-state index in [1.54, 1.807) is 0 Å². The average molecular weight is 240 g/mol. The van der Waals surface area contributed by atoms with Crippen molar-refractivity contribution in [2.24, 2.45) is 0 Å². The van der Waals surface area contributed by atoms with E-state index in [1.807, 2.05) is 0 Å². The minimum absolute atomic E-state index is 0.0498. The number of rotatable bonds is 3. The maximum Gasteiger partial charge on any atom is 0.358 e. The average Bonchev–Trinajstić information content (AvgIpc) is 2.78. The Morgan fingerprint density at radius 1 is 1.41 bits per heavy atom. The number of carbonyl (C=O) groups is 2. The Bertz CT molecular complexity index is 436. The number of aromatic nitrogens is 3. The highest BCUT2D eigenvalue weighted by Gasteiger charge is 2.27. The van der Waals surface area contributed by atoms with Crippen molar-refractivity contribution in [1.82, 2.24) is 20.3 Å². The summed E-state index contributed by atoms with van der Waals surface area (Å²) < 4.78 is 1.47. The number of hydrogen-bond acceptors (Lipinski definition) is 5. The minimum Gasteiger partial charge on any atom is -0.480 e. The molecule has 0 unspecified atom stereocenters. The molecule has 3 N–H and O–H groups in total. The molecule has 0 radical (unpaired) electrons. The van der Waals surface area contributed by atoms with Gasteiger partial charge in [0.15, 0.2) is 5.69 Å². The maximum absolute atomic E-state index is 10.7. The van der Waals surface area contributed by atoms with E-state index in [9.17, 15) is 9.59 Å². The third-order valence-corrected chi connectivity index (χ3v) is 2.79. The maximum atomic E-state index is 10.7. The lowest BCUT2D eigenvalue weighted by Gasteiger charge is -2.27. The van der Waals surface area contributed by atoms with Crippen LogP contribution in [0.15, 0.2) is 6.20 Å². The highest BCUT2D eigenvalue weighted by Crippen LogP contribution is 2.18. The fraction of sp³-hybridized carbons (Fsp3) is 0.556. The molecule has 2 heterocycles. The highest BCUT2D eigenvalue weighted by atomic mass is 16.4. The monoisotopic (exact) mass is 240 g/mol. The van der Waals surface area contributed by atoms with Crippen molar-refractivity contribution in [3.8, 4) is 0 Å². The van der Waals surface area contributed by atoms with Crippen LogP contribution in [0.3, 0.4) is 0 Å². The van der Waals surface area contributed by atoms with Crippen LogP contribution < -0.4 is 5.32 Å². The van der Waals surface area contributed by atoms with Crippen molar-refractivity contribution in [3.63, 3.8) is 0 Å². The number of aromatic carboxylic acids is 1. The van der Waals surface area contributed by atoms with Gasteiger partial charge in [-0.15, -0.1) is 5.10 Å². The zero-order chi connectivity index (χ0) is 12.4. The molecule has 8 heteroatoms. The molecule has 8 nitrogen and oxygen atoms in total. The van der Waals surface area contributed by atoms with Gasteiger partial charge in [-0.05, 0) is 12.8 Å². The van der Waals surface area contributed by atoms with Crippen LogP contribution in [0.5, 0.6) is 0 Å². The van der Waals surface area contributed by atoms with Crippen molar-refractivity contribution in [2.45, 2.75) is 24.9 Å². The quantitative estimate of drug-likeness (QED) is 0.642. The van der Waals surface area contributed by atoms with Gasteiger partial charge in [0.25, 0.3) is 0 Å². The molecule has 1 fully saturated rings. The summed E-state index contributed by atoms with van der Waals surface area (Å²) in [5.74, 6) is -1.99. The molecule has 0 bridgehead atoms. The molecule has 1 saturated heterocycles. The van der Waals surface area contributed by atoms with Gasteiger partial charge < -0.3 is 15.5 Å². The predicted molar refractivity (Wildman–Crippen MR) is 54.7 cm³/mol. The summed E-state index contributed by atoms with van der Waals surface area (Å²) in [5.41, 5.74) is -0.106. The standard InChI is InChI=1S/C9H12N4O4/c14-8(15)6-2-1-5(3-10-6)13-4-7(9(16)17)11-12-13/h4-6,10H,1-3H2,(H,14,15)(H,16,17)/t5-,6-/m0/s1. The molecule has 1 aromatic heterocycles. The fourth-order valence-electron chi connectivity index (χ4n) is 1.83. The lowest BCUT2D eigenvalue weighted by molar-refractivity contribution is -0.140. The first-order chi connectivity index (χ1) is 8.08. The van der Waals surface area contributed by atoms with Gasteiger partial charge in [-0.1, -0.05) is 5.21 Å². The number of hydrogen-bond donors (Lipinski definition) is 3. The molecule has 0 saturated carbocycles. The predicted octanol–water partition coefficient (Wildman–Crippen LogP) is -0.646. The van der Waals surface area contributed by atoms with Gasteiger partial charge in [-0.2, -0.15) is 0 Å². The molecule has 0 aromatic carbocycles. The summed E-state index contributed by atoms with van der Waals surface area (Å²) in [4.78, 5) is 21.3. The second kappa shape index (κ2) is 4.50. The lowest BCUT2D eigenvalue weighted by atomic mass is 10.0. The van der Waals surface area contributed by atoms with Crippen LogP contribution in [-0.4, -0.2) is 49.7 Å². The van der Waals surface area contributed by atoms with Crippen LogP contribution in [-0.2, 0) is 4.79 Å². The van der Waals surface area contributed by atoms with E-state index in [4.69, 9.17) is 10.2 Å². The second-order valence-corrected chi connectivity index (χ2v) is 3.92. The van der Waals surface area contributed by atoms with E-state index in [0.717, 1.165) is 0 Å². The lowest BCUT2D eigenvalue weighted by Crippen LogP contribution is -2.44. The van der Waals surface area contributed by atoms with Gasteiger partial charge in [0.1, 0.15) is 6.04 Å². The molecule has 2 rings (SSSR count). The van der Waals surface area contributed by atoms with Crippen molar-refractivity contribution in [1.29, 1.82) is 0 Å². The van der Waals surface area contributed by atoms with Crippen molar-refractivity contribution < 1.29 is 19.8 Å². The first kappa shape index (κ1) is 11.5. The van der Waals surface area contributed by atoms with Crippen LogP contribution in [0, 0.1) is 0 Å². The van der Waals surface area contributed by atoms with Crippen LogP contribution >= 0.6 is 0 Å². The van der Waals surface area contributed by atoms with Gasteiger partial charge in [-0.3, -0.25) is 4.79 Å². The van der Waals surface area contributed by atoms with E-state index in [2.05, 4.69) is 15.6 Å². The first-order valence-electron chi connectivity index (χ1n) is 5.19. The number of nitrogens with zero attached hydrogens (tertiary/aromatic N) is 3. The molecular formula is C9H12N4O4. The molecule has 1 aliphatic rings. The topological polar surface area (TPSA) is 117 Å². The summed E-state index contributed by atoms with van der Waals surface area (Å²) >= 11 is 0. The van der Waals surface area contributed by atoms with Crippen molar-refractivity contribution >= 4 is 11.9 Å². The zero-order valence-corrected chi connectivity index (χ0v) is 8.91. The molecule has 1 aromatic rings. The third kappa shape index (κ3) is 2.41. The third-order valence-electron chi connectivity index (χ3n) is 2.79. The number of nitrogens with one attached hydrogen (secondary N) is 1. The molecule has 0 aliphatic carbocycles.